The molecule has 45 heavy (non-hydrogen) atoms. The van der Waals surface area contributed by atoms with Gasteiger partial charge in [0.2, 0.25) is 11.8 Å². The number of sulfonamides is 1. The highest BCUT2D eigenvalue weighted by molar-refractivity contribution is 7.92. The fourth-order valence-corrected chi connectivity index (χ4v) is 6.72. The summed E-state index contributed by atoms with van der Waals surface area (Å²) in [6.45, 7) is 3.07. The molecule has 1 atom stereocenters. The van der Waals surface area contributed by atoms with Crippen LogP contribution in [0.1, 0.15) is 25.0 Å². The molecule has 4 aromatic rings. The Kier molecular flexibility index (Phi) is 11.5. The van der Waals surface area contributed by atoms with Crippen LogP contribution in [0.25, 0.3) is 0 Å². The number of anilines is 1. The minimum atomic E-state index is -4.26. The van der Waals surface area contributed by atoms with Gasteiger partial charge < -0.3 is 15.0 Å². The predicted molar refractivity (Wildman–Crippen MR) is 178 cm³/mol. The lowest BCUT2D eigenvalue weighted by molar-refractivity contribution is -0.140. The zero-order valence-electron chi connectivity index (χ0n) is 25.2. The molecule has 0 spiro atoms. The van der Waals surface area contributed by atoms with E-state index in [0.29, 0.717) is 16.3 Å². The summed E-state index contributed by atoms with van der Waals surface area (Å²) in [5.74, 6) is -0.616. The molecule has 4 aromatic carbocycles. The maximum atomic E-state index is 14.5. The standard InChI is InChI=1S/C34H35Cl2N3O5S/c1-24(2)37-34(41)31(20-25-11-6-4-7-12-25)38(22-26-13-10-14-27(35)19-26)33(40)23-39(28-17-18-32(44-3)30(36)21-28)45(42,43)29-15-8-5-9-16-29/h4-19,21,24,31H,20,22-23H2,1-3H3,(H,37,41). The zero-order chi connectivity index (χ0) is 32.6. The quantitative estimate of drug-likeness (QED) is 0.179. The minimum absolute atomic E-state index is 0.00496. The minimum Gasteiger partial charge on any atom is -0.495 e. The number of rotatable bonds is 13. The monoisotopic (exact) mass is 667 g/mol. The summed E-state index contributed by atoms with van der Waals surface area (Å²) < 4.78 is 34.4. The van der Waals surface area contributed by atoms with E-state index < -0.39 is 28.5 Å². The van der Waals surface area contributed by atoms with E-state index in [9.17, 15) is 18.0 Å². The Bertz CT molecular complexity index is 1720. The Morgan fingerprint density at radius 1 is 0.844 bits per heavy atom. The average Bonchev–Trinajstić information content (AvgIpc) is 3.02. The van der Waals surface area contributed by atoms with E-state index in [-0.39, 0.29) is 40.5 Å². The predicted octanol–water partition coefficient (Wildman–Crippen LogP) is 6.36. The van der Waals surface area contributed by atoms with Crippen molar-refractivity contribution in [2.75, 3.05) is 18.0 Å². The van der Waals surface area contributed by atoms with Crippen LogP contribution in [0.2, 0.25) is 10.0 Å². The van der Waals surface area contributed by atoms with Crippen molar-refractivity contribution in [1.82, 2.24) is 10.2 Å². The smallest absolute Gasteiger partial charge is 0.264 e. The first-order chi connectivity index (χ1) is 21.5. The number of methoxy groups -OCH3 is 1. The summed E-state index contributed by atoms with van der Waals surface area (Å²) in [6, 6.07) is 27.5. The first kappa shape index (κ1) is 33.8. The Morgan fingerprint density at radius 3 is 2.09 bits per heavy atom. The van der Waals surface area contributed by atoms with Crippen molar-refractivity contribution in [3.05, 3.63) is 124 Å². The molecule has 0 heterocycles. The third-order valence-electron chi connectivity index (χ3n) is 6.98. The molecule has 4 rings (SSSR count). The molecule has 1 N–H and O–H groups in total. The van der Waals surface area contributed by atoms with Crippen LogP contribution in [0.5, 0.6) is 5.75 Å². The number of halogens is 2. The fourth-order valence-electron chi connectivity index (χ4n) is 4.83. The zero-order valence-corrected chi connectivity index (χ0v) is 27.5. The van der Waals surface area contributed by atoms with Crippen molar-refractivity contribution in [2.45, 2.75) is 43.8 Å². The van der Waals surface area contributed by atoms with Gasteiger partial charge in [0.25, 0.3) is 10.0 Å². The van der Waals surface area contributed by atoms with E-state index in [1.807, 2.05) is 44.2 Å². The summed E-state index contributed by atoms with van der Waals surface area (Å²) in [5.41, 5.74) is 1.67. The Morgan fingerprint density at radius 2 is 1.49 bits per heavy atom. The molecule has 0 aliphatic rings. The number of hydrogen-bond donors (Lipinski definition) is 1. The summed E-state index contributed by atoms with van der Waals surface area (Å²) in [5, 5.41) is 3.57. The Hall–Kier alpha value is -4.05. The van der Waals surface area contributed by atoms with Crippen LogP contribution < -0.4 is 14.4 Å². The third kappa shape index (κ3) is 8.78. The van der Waals surface area contributed by atoms with Crippen LogP contribution >= 0.6 is 23.2 Å². The second-order valence-corrected chi connectivity index (χ2v) is 13.4. The summed E-state index contributed by atoms with van der Waals surface area (Å²) >= 11 is 12.7. The van der Waals surface area contributed by atoms with Gasteiger partial charge in [-0.25, -0.2) is 8.42 Å². The summed E-state index contributed by atoms with van der Waals surface area (Å²) in [7, 11) is -2.81. The van der Waals surface area contributed by atoms with E-state index in [1.165, 1.54) is 42.3 Å². The molecular weight excluding hydrogens is 633 g/mol. The van der Waals surface area contributed by atoms with Gasteiger partial charge in [-0.1, -0.05) is 83.9 Å². The van der Waals surface area contributed by atoms with Gasteiger partial charge in [0.05, 0.1) is 22.7 Å². The van der Waals surface area contributed by atoms with Crippen molar-refractivity contribution < 1.29 is 22.7 Å². The van der Waals surface area contributed by atoms with Crippen LogP contribution in [0, 0.1) is 0 Å². The van der Waals surface area contributed by atoms with E-state index in [0.717, 1.165) is 9.87 Å². The van der Waals surface area contributed by atoms with Gasteiger partial charge in [-0.05, 0) is 67.4 Å². The lowest BCUT2D eigenvalue weighted by Crippen LogP contribution is -2.54. The Labute approximate surface area is 274 Å². The molecule has 236 valence electrons. The van der Waals surface area contributed by atoms with Crippen LogP contribution in [-0.2, 0) is 32.6 Å². The van der Waals surface area contributed by atoms with Gasteiger partial charge in [-0.15, -0.1) is 0 Å². The number of ether oxygens (including phenoxy) is 1. The van der Waals surface area contributed by atoms with Crippen molar-refractivity contribution in [3.63, 3.8) is 0 Å². The van der Waals surface area contributed by atoms with Crippen molar-refractivity contribution in [2.24, 2.45) is 0 Å². The molecule has 0 saturated heterocycles. The molecule has 0 bridgehead atoms. The molecular formula is C34H35Cl2N3O5S. The molecule has 1 unspecified atom stereocenters. The first-order valence-corrected chi connectivity index (χ1v) is 16.5. The molecule has 8 nitrogen and oxygen atoms in total. The Balaban J connectivity index is 1.82. The number of amides is 2. The van der Waals surface area contributed by atoms with Crippen LogP contribution in [-0.4, -0.2) is 50.9 Å². The van der Waals surface area contributed by atoms with Gasteiger partial charge in [-0.2, -0.15) is 0 Å². The van der Waals surface area contributed by atoms with Gasteiger partial charge in [0.1, 0.15) is 18.3 Å². The molecule has 0 aliphatic carbocycles. The molecule has 0 saturated carbocycles. The van der Waals surface area contributed by atoms with Gasteiger partial charge >= 0.3 is 0 Å². The highest BCUT2D eigenvalue weighted by Gasteiger charge is 2.35. The number of nitrogens with zero attached hydrogens (tertiary/aromatic N) is 2. The van der Waals surface area contributed by atoms with Crippen molar-refractivity contribution in [3.8, 4) is 5.75 Å². The normalized spacial score (nSPS) is 12.0. The van der Waals surface area contributed by atoms with E-state index in [4.69, 9.17) is 27.9 Å². The lowest BCUT2D eigenvalue weighted by Gasteiger charge is -2.34. The first-order valence-electron chi connectivity index (χ1n) is 14.3. The van der Waals surface area contributed by atoms with E-state index in [2.05, 4.69) is 5.32 Å². The number of benzene rings is 4. The van der Waals surface area contributed by atoms with Gasteiger partial charge in [0.15, 0.2) is 0 Å². The lowest BCUT2D eigenvalue weighted by atomic mass is 10.0. The molecule has 0 aromatic heterocycles. The third-order valence-corrected chi connectivity index (χ3v) is 9.30. The van der Waals surface area contributed by atoms with Crippen LogP contribution in [0.3, 0.4) is 0 Å². The van der Waals surface area contributed by atoms with Crippen LogP contribution in [0.15, 0.2) is 108 Å². The summed E-state index contributed by atoms with van der Waals surface area (Å²) in [6.07, 6.45) is 0.200. The van der Waals surface area contributed by atoms with Crippen molar-refractivity contribution >= 4 is 50.7 Å². The second-order valence-electron chi connectivity index (χ2n) is 10.7. The molecule has 0 aliphatic heterocycles. The number of carbonyl (C=O) groups is 2. The maximum Gasteiger partial charge on any atom is 0.264 e. The molecule has 11 heteroatoms. The summed E-state index contributed by atoms with van der Waals surface area (Å²) in [4.78, 5) is 29.6. The topological polar surface area (TPSA) is 96.0 Å². The fraction of sp³-hybridized carbons (Fsp3) is 0.235. The van der Waals surface area contributed by atoms with E-state index >= 15 is 0 Å². The second kappa shape index (κ2) is 15.3. The number of nitrogens with one attached hydrogen (secondary N) is 1. The van der Waals surface area contributed by atoms with E-state index in [1.54, 1.807) is 42.5 Å². The van der Waals surface area contributed by atoms with Crippen molar-refractivity contribution in [1.29, 1.82) is 0 Å². The molecule has 2 amide bonds. The highest BCUT2D eigenvalue weighted by Crippen LogP contribution is 2.32. The average molecular weight is 669 g/mol. The van der Waals surface area contributed by atoms with Gasteiger partial charge in [0, 0.05) is 24.0 Å². The molecule has 0 fully saturated rings. The SMILES string of the molecule is COc1ccc(N(CC(=O)N(Cc2cccc(Cl)c2)C(Cc2ccccc2)C(=O)NC(C)C)S(=O)(=O)c2ccccc2)cc1Cl. The maximum absolute atomic E-state index is 14.5. The van der Waals surface area contributed by atoms with Gasteiger partial charge in [-0.3, -0.25) is 13.9 Å². The molecule has 0 radical (unpaired) electrons. The number of hydrogen-bond acceptors (Lipinski definition) is 5. The number of carbonyl (C=O) groups excluding carboxylic acids is 2. The largest absolute Gasteiger partial charge is 0.495 e. The van der Waals surface area contributed by atoms with Crippen LogP contribution in [0.4, 0.5) is 5.69 Å². The highest BCUT2D eigenvalue weighted by atomic mass is 35.5.